The maximum absolute atomic E-state index is 6.09. The maximum Gasteiger partial charge on any atom is 0.126 e. The van der Waals surface area contributed by atoms with Gasteiger partial charge in [0.1, 0.15) is 11.6 Å². The van der Waals surface area contributed by atoms with E-state index in [4.69, 9.17) is 10.5 Å². The van der Waals surface area contributed by atoms with Crippen molar-refractivity contribution in [3.63, 3.8) is 0 Å². The van der Waals surface area contributed by atoms with Crippen molar-refractivity contribution in [1.29, 1.82) is 0 Å². The highest BCUT2D eigenvalue weighted by Gasteiger charge is 2.23. The Morgan fingerprint density at radius 3 is 2.55 bits per heavy atom. The molecule has 20 heavy (non-hydrogen) atoms. The molecular weight excluding hydrogens is 272 g/mol. The number of ether oxygens (including phenoxy) is 1. The van der Waals surface area contributed by atoms with Crippen molar-refractivity contribution in [2.75, 3.05) is 7.11 Å². The molecule has 1 unspecified atom stereocenters. The van der Waals surface area contributed by atoms with Crippen LogP contribution in [0, 0.1) is 0 Å². The van der Waals surface area contributed by atoms with E-state index >= 15 is 0 Å². The highest BCUT2D eigenvalue weighted by molar-refractivity contribution is 6.00. The van der Waals surface area contributed by atoms with E-state index in [-0.39, 0.29) is 18.4 Å². The molecule has 2 aromatic carbocycles. The van der Waals surface area contributed by atoms with E-state index in [0.717, 1.165) is 23.3 Å². The second kappa shape index (κ2) is 5.97. The predicted octanol–water partition coefficient (Wildman–Crippen LogP) is 3.12. The van der Waals surface area contributed by atoms with Crippen LogP contribution in [-0.4, -0.2) is 12.9 Å². The van der Waals surface area contributed by atoms with Crippen LogP contribution in [0.25, 0.3) is 0 Å². The quantitative estimate of drug-likeness (QED) is 0.923. The van der Waals surface area contributed by atoms with Crippen molar-refractivity contribution in [2.24, 2.45) is 10.7 Å². The van der Waals surface area contributed by atoms with Crippen LogP contribution in [0.4, 0.5) is 0 Å². The van der Waals surface area contributed by atoms with Crippen LogP contribution in [0.2, 0.25) is 0 Å². The van der Waals surface area contributed by atoms with Crippen LogP contribution >= 0.6 is 12.4 Å². The minimum atomic E-state index is 0. The van der Waals surface area contributed by atoms with Crippen LogP contribution in [0.15, 0.2) is 53.5 Å². The number of hydrogen-bond donors (Lipinski definition) is 1. The Morgan fingerprint density at radius 1 is 1.10 bits per heavy atom. The molecule has 104 valence electrons. The van der Waals surface area contributed by atoms with Crippen molar-refractivity contribution >= 4 is 18.2 Å². The minimum Gasteiger partial charge on any atom is -0.496 e. The molecule has 2 aromatic rings. The molecule has 0 aromatic heterocycles. The topological polar surface area (TPSA) is 47.6 Å². The summed E-state index contributed by atoms with van der Waals surface area (Å²) in [6, 6.07) is 16.2. The van der Waals surface area contributed by atoms with Gasteiger partial charge in [-0.15, -0.1) is 12.4 Å². The molecule has 1 aliphatic rings. The molecule has 0 bridgehead atoms. The van der Waals surface area contributed by atoms with E-state index in [0.29, 0.717) is 5.84 Å². The lowest BCUT2D eigenvalue weighted by molar-refractivity contribution is 0.407. The summed E-state index contributed by atoms with van der Waals surface area (Å²) >= 11 is 0. The molecule has 3 nitrogen and oxygen atoms in total. The third-order valence-electron chi connectivity index (χ3n) is 3.51. The van der Waals surface area contributed by atoms with Crippen LogP contribution in [0.3, 0.4) is 0 Å². The normalized spacial score (nSPS) is 16.6. The van der Waals surface area contributed by atoms with Crippen LogP contribution < -0.4 is 10.5 Å². The van der Waals surface area contributed by atoms with E-state index < -0.39 is 0 Å². The molecule has 1 atom stereocenters. The van der Waals surface area contributed by atoms with Gasteiger partial charge in [-0.05, 0) is 11.6 Å². The van der Waals surface area contributed by atoms with Crippen molar-refractivity contribution < 1.29 is 4.74 Å². The fourth-order valence-corrected chi connectivity index (χ4v) is 2.55. The average molecular weight is 289 g/mol. The Bertz CT molecular complexity index is 626. The largest absolute Gasteiger partial charge is 0.496 e. The van der Waals surface area contributed by atoms with E-state index in [1.165, 1.54) is 5.56 Å². The Hall–Kier alpha value is -2.00. The van der Waals surface area contributed by atoms with Gasteiger partial charge in [-0.1, -0.05) is 42.5 Å². The number of nitrogens with zero attached hydrogens (tertiary/aromatic N) is 1. The average Bonchev–Trinajstić information content (AvgIpc) is 2.47. The van der Waals surface area contributed by atoms with E-state index in [2.05, 4.69) is 17.1 Å². The smallest absolute Gasteiger partial charge is 0.126 e. The molecule has 1 heterocycles. The molecule has 4 heteroatoms. The lowest BCUT2D eigenvalue weighted by Gasteiger charge is -2.23. The Labute approximate surface area is 124 Å². The van der Waals surface area contributed by atoms with Crippen molar-refractivity contribution in [3.8, 4) is 5.75 Å². The van der Waals surface area contributed by atoms with Gasteiger partial charge in [-0.25, -0.2) is 0 Å². The SMILES string of the molecule is COc1cccc2c1CC(c1ccccc1)N=C2N.Cl. The summed E-state index contributed by atoms with van der Waals surface area (Å²) in [5.74, 6) is 1.48. The van der Waals surface area contributed by atoms with Gasteiger partial charge in [0.15, 0.2) is 0 Å². The number of amidine groups is 1. The molecule has 0 aliphatic carbocycles. The first-order valence-corrected chi connectivity index (χ1v) is 6.34. The summed E-state index contributed by atoms with van der Waals surface area (Å²) in [6.07, 6.45) is 0.823. The van der Waals surface area contributed by atoms with Gasteiger partial charge in [-0.3, -0.25) is 4.99 Å². The Balaban J connectivity index is 0.00000147. The summed E-state index contributed by atoms with van der Waals surface area (Å²) in [6.45, 7) is 0. The fraction of sp³-hybridized carbons (Fsp3) is 0.188. The van der Waals surface area contributed by atoms with Crippen LogP contribution in [0.1, 0.15) is 22.7 Å². The van der Waals surface area contributed by atoms with Gasteiger partial charge in [-0.2, -0.15) is 0 Å². The minimum absolute atomic E-state index is 0. The monoisotopic (exact) mass is 288 g/mol. The number of hydrogen-bond acceptors (Lipinski definition) is 3. The molecule has 0 spiro atoms. The summed E-state index contributed by atoms with van der Waals surface area (Å²) in [4.78, 5) is 4.61. The van der Waals surface area contributed by atoms with Crippen molar-refractivity contribution in [1.82, 2.24) is 0 Å². The summed E-state index contributed by atoms with van der Waals surface area (Å²) in [7, 11) is 1.69. The first-order valence-electron chi connectivity index (χ1n) is 6.34. The molecule has 0 radical (unpaired) electrons. The fourth-order valence-electron chi connectivity index (χ4n) is 2.55. The second-order valence-electron chi connectivity index (χ2n) is 4.63. The zero-order chi connectivity index (χ0) is 13.2. The van der Waals surface area contributed by atoms with E-state index in [9.17, 15) is 0 Å². The molecule has 3 rings (SSSR count). The lowest BCUT2D eigenvalue weighted by Crippen LogP contribution is -2.23. The number of methoxy groups -OCH3 is 1. The molecule has 0 saturated carbocycles. The number of rotatable bonds is 2. The lowest BCUT2D eigenvalue weighted by atomic mass is 9.92. The molecule has 0 fully saturated rings. The number of fused-ring (bicyclic) bond motifs is 1. The van der Waals surface area contributed by atoms with Gasteiger partial charge in [0.2, 0.25) is 0 Å². The maximum atomic E-state index is 6.09. The van der Waals surface area contributed by atoms with Crippen molar-refractivity contribution in [3.05, 3.63) is 65.2 Å². The first kappa shape index (κ1) is 14.4. The van der Waals surface area contributed by atoms with E-state index in [1.54, 1.807) is 7.11 Å². The highest BCUT2D eigenvalue weighted by Crippen LogP contribution is 2.33. The number of nitrogens with two attached hydrogens (primary N) is 1. The van der Waals surface area contributed by atoms with Gasteiger partial charge in [0, 0.05) is 17.5 Å². The van der Waals surface area contributed by atoms with Crippen LogP contribution in [-0.2, 0) is 6.42 Å². The van der Waals surface area contributed by atoms with Gasteiger partial charge >= 0.3 is 0 Å². The number of halogens is 1. The predicted molar refractivity (Wildman–Crippen MR) is 83.9 cm³/mol. The van der Waals surface area contributed by atoms with Crippen LogP contribution in [0.5, 0.6) is 5.75 Å². The highest BCUT2D eigenvalue weighted by atomic mass is 35.5. The molecule has 1 aliphatic heterocycles. The third-order valence-corrected chi connectivity index (χ3v) is 3.51. The van der Waals surface area contributed by atoms with Gasteiger partial charge in [0.05, 0.1) is 13.2 Å². The Kier molecular flexibility index (Phi) is 4.30. The van der Waals surface area contributed by atoms with E-state index in [1.807, 2.05) is 36.4 Å². The van der Waals surface area contributed by atoms with Gasteiger partial charge in [0.25, 0.3) is 0 Å². The summed E-state index contributed by atoms with van der Waals surface area (Å²) in [5.41, 5.74) is 9.41. The summed E-state index contributed by atoms with van der Waals surface area (Å²) < 4.78 is 5.43. The second-order valence-corrected chi connectivity index (χ2v) is 4.63. The zero-order valence-electron chi connectivity index (χ0n) is 11.2. The first-order chi connectivity index (χ1) is 9.29. The number of aliphatic imine (C=N–C) groups is 1. The van der Waals surface area contributed by atoms with Gasteiger partial charge < -0.3 is 10.5 Å². The summed E-state index contributed by atoms with van der Waals surface area (Å²) in [5, 5.41) is 0. The standard InChI is InChI=1S/C16H16N2O.ClH/c1-19-15-9-5-8-12-13(15)10-14(18-16(12)17)11-6-3-2-4-7-11;/h2-9,14H,10H2,1H3,(H2,17,18);1H. The molecule has 2 N–H and O–H groups in total. The molecular formula is C16H17ClN2O. The molecule has 0 amide bonds. The number of benzene rings is 2. The Morgan fingerprint density at radius 2 is 1.85 bits per heavy atom. The third kappa shape index (κ3) is 2.49. The zero-order valence-corrected chi connectivity index (χ0v) is 12.1. The van der Waals surface area contributed by atoms with Crippen molar-refractivity contribution in [2.45, 2.75) is 12.5 Å². The molecule has 0 saturated heterocycles.